The first-order valence-corrected chi connectivity index (χ1v) is 11.8. The molecule has 3 heterocycles. The van der Waals surface area contributed by atoms with E-state index in [-0.39, 0.29) is 65.1 Å². The number of aliphatic carboxylic acids is 1. The number of nitrogen functional groups attached to an aromatic ring is 1. The van der Waals surface area contributed by atoms with Gasteiger partial charge < -0.3 is 30.6 Å². The molecule has 3 rings (SSSR count). The number of β-lactam (4-membered cyclic amide) rings is 1. The van der Waals surface area contributed by atoms with Crippen LogP contribution in [-0.2, 0) is 33.5 Å². The van der Waals surface area contributed by atoms with Crippen molar-refractivity contribution in [3.63, 3.8) is 0 Å². The van der Waals surface area contributed by atoms with Crippen LogP contribution in [0.3, 0.4) is 0 Å². The number of ether oxygens (including phenoxy) is 1. The molecule has 0 saturated carbocycles. The van der Waals surface area contributed by atoms with Gasteiger partial charge in [0.25, 0.3) is 5.91 Å². The number of rotatable bonds is 10. The first-order chi connectivity index (χ1) is 16.1. The average molecular weight is 539 g/mol. The molecule has 14 nitrogen and oxygen atoms in total. The van der Waals surface area contributed by atoms with Crippen molar-refractivity contribution in [3.8, 4) is 0 Å². The molecular formula is C18H23N6NaO8S2. The number of carbonyl (C=O) groups excluding carboxylic acids is 4. The zero-order valence-electron chi connectivity index (χ0n) is 18.2. The normalized spacial score (nSPS) is 23.3. The van der Waals surface area contributed by atoms with Gasteiger partial charge in [-0.1, -0.05) is 5.16 Å². The van der Waals surface area contributed by atoms with Gasteiger partial charge in [0, 0.05) is 23.8 Å². The Labute approximate surface area is 229 Å². The summed E-state index contributed by atoms with van der Waals surface area (Å²) in [5.74, 6) is -3.78. The number of esters is 1. The number of anilines is 1. The maximum atomic E-state index is 12.8. The van der Waals surface area contributed by atoms with Crippen LogP contribution in [0.1, 0.15) is 26.1 Å². The standard InChI is InChI=1S/C18H22N6O8S2.Na.H/c1-3-32-22-10(12-21-17(19)34-23-12)13(27)20-11-14(28)24-5-18(16(29)30,7-33-15(11)24)6-31-9(26)4-8(2)25;;/h11,15H,3-7H2,1-2H3,(H,20,27)(H,29,30)(H2,19,21,23);;/t11?,15-,18?;;/m1../s1. The van der Waals surface area contributed by atoms with Gasteiger partial charge in [0.1, 0.15) is 42.2 Å². The zero-order valence-corrected chi connectivity index (χ0v) is 19.8. The molecule has 0 aliphatic carbocycles. The Morgan fingerprint density at radius 1 is 1.37 bits per heavy atom. The van der Waals surface area contributed by atoms with E-state index in [1.165, 1.54) is 11.8 Å². The summed E-state index contributed by atoms with van der Waals surface area (Å²) in [4.78, 5) is 70.4. The van der Waals surface area contributed by atoms with Crippen molar-refractivity contribution < 1.29 is 38.7 Å². The number of nitrogens with zero attached hydrogens (tertiary/aromatic N) is 4. The van der Waals surface area contributed by atoms with Crippen LogP contribution in [0, 0.1) is 5.41 Å². The van der Waals surface area contributed by atoms with Crippen molar-refractivity contribution in [2.45, 2.75) is 31.7 Å². The number of amides is 2. The molecule has 35 heavy (non-hydrogen) atoms. The Kier molecular flexibility index (Phi) is 10.0. The van der Waals surface area contributed by atoms with Crippen LogP contribution in [0.15, 0.2) is 5.16 Å². The molecule has 186 valence electrons. The minimum atomic E-state index is -1.54. The molecule has 17 heteroatoms. The van der Waals surface area contributed by atoms with Gasteiger partial charge in [-0.15, -0.1) is 11.8 Å². The molecule has 2 amide bonds. The molecule has 1 aromatic rings. The predicted octanol–water partition coefficient (Wildman–Crippen LogP) is -1.79. The monoisotopic (exact) mass is 538 g/mol. The fraction of sp³-hybridized carbons (Fsp3) is 0.556. The Morgan fingerprint density at radius 2 is 2.09 bits per heavy atom. The summed E-state index contributed by atoms with van der Waals surface area (Å²) in [6.45, 7) is 2.35. The van der Waals surface area contributed by atoms with Crippen molar-refractivity contribution in [3.05, 3.63) is 5.82 Å². The summed E-state index contributed by atoms with van der Waals surface area (Å²) >= 11 is 1.99. The summed E-state index contributed by atoms with van der Waals surface area (Å²) in [6.07, 6.45) is -0.465. The molecule has 0 bridgehead atoms. The van der Waals surface area contributed by atoms with Gasteiger partial charge in [0.2, 0.25) is 17.4 Å². The van der Waals surface area contributed by atoms with Gasteiger partial charge in [-0.3, -0.25) is 24.0 Å². The van der Waals surface area contributed by atoms with E-state index in [2.05, 4.69) is 19.8 Å². The number of nitrogens with one attached hydrogen (secondary N) is 1. The van der Waals surface area contributed by atoms with Crippen molar-refractivity contribution in [1.82, 2.24) is 19.6 Å². The second-order valence-electron chi connectivity index (χ2n) is 7.56. The summed E-state index contributed by atoms with van der Waals surface area (Å²) in [6, 6.07) is -0.938. The van der Waals surface area contributed by atoms with Crippen molar-refractivity contribution in [1.29, 1.82) is 0 Å². The molecule has 3 atom stereocenters. The first kappa shape index (κ1) is 29.0. The Hall–Kier alpha value is -2.27. The molecule has 2 unspecified atom stereocenters. The van der Waals surface area contributed by atoms with Gasteiger partial charge in [-0.05, 0) is 13.8 Å². The third kappa shape index (κ3) is 6.49. The second kappa shape index (κ2) is 12.1. The third-order valence-corrected chi connectivity index (χ3v) is 7.07. The van der Waals surface area contributed by atoms with Crippen LogP contribution in [0.4, 0.5) is 5.13 Å². The third-order valence-electron chi connectivity index (χ3n) is 4.94. The molecule has 2 aliphatic rings. The molecule has 0 radical (unpaired) electrons. The van der Waals surface area contributed by atoms with E-state index >= 15 is 0 Å². The number of oxime groups is 1. The molecule has 2 fully saturated rings. The van der Waals surface area contributed by atoms with Crippen LogP contribution in [0.25, 0.3) is 0 Å². The number of carboxylic acid groups (broad SMARTS) is 1. The van der Waals surface area contributed by atoms with Crippen molar-refractivity contribution >= 4 is 93.2 Å². The van der Waals surface area contributed by atoms with Crippen molar-refractivity contribution in [2.24, 2.45) is 10.6 Å². The van der Waals surface area contributed by atoms with Gasteiger partial charge in [0.15, 0.2) is 5.13 Å². The fourth-order valence-electron chi connectivity index (χ4n) is 3.23. The molecule has 4 N–H and O–H groups in total. The summed E-state index contributed by atoms with van der Waals surface area (Å²) in [5, 5.41) is 15.6. The number of Topliss-reactive ketones (excluding diaryl/α,β-unsaturated/α-hetero) is 1. The average Bonchev–Trinajstić information content (AvgIpc) is 3.21. The number of ketones is 1. The summed E-state index contributed by atoms with van der Waals surface area (Å²) < 4.78 is 8.94. The minimum absolute atomic E-state index is 0. The number of carboxylic acids is 1. The number of hydrogen-bond donors (Lipinski definition) is 3. The fourth-order valence-corrected chi connectivity index (χ4v) is 5.19. The molecule has 2 aliphatic heterocycles. The first-order valence-electron chi connectivity index (χ1n) is 9.99. The van der Waals surface area contributed by atoms with Gasteiger partial charge >= 0.3 is 41.5 Å². The van der Waals surface area contributed by atoms with Crippen LogP contribution >= 0.6 is 23.3 Å². The molecule has 0 spiro atoms. The molecule has 1 aromatic heterocycles. The van der Waals surface area contributed by atoms with E-state index in [1.54, 1.807) is 6.92 Å². The van der Waals surface area contributed by atoms with Crippen LogP contribution < -0.4 is 11.1 Å². The number of fused-ring (bicyclic) bond motifs is 1. The summed E-state index contributed by atoms with van der Waals surface area (Å²) in [7, 11) is 0. The van der Waals surface area contributed by atoms with Gasteiger partial charge in [-0.25, -0.2) is 0 Å². The van der Waals surface area contributed by atoms with E-state index < -0.39 is 59.4 Å². The topological polar surface area (TPSA) is 203 Å². The maximum absolute atomic E-state index is 12.8. The number of hydrogen-bond acceptors (Lipinski definition) is 13. The van der Waals surface area contributed by atoms with E-state index in [1.807, 2.05) is 0 Å². The van der Waals surface area contributed by atoms with Crippen LogP contribution in [-0.4, -0.2) is 121 Å². The Balaban J connectivity index is 0.00000432. The zero-order chi connectivity index (χ0) is 25.0. The van der Waals surface area contributed by atoms with E-state index in [0.29, 0.717) is 0 Å². The number of carbonyl (C=O) groups is 5. The van der Waals surface area contributed by atoms with Crippen LogP contribution in [0.5, 0.6) is 0 Å². The quantitative estimate of drug-likeness (QED) is 0.0754. The van der Waals surface area contributed by atoms with E-state index in [9.17, 15) is 29.1 Å². The Bertz CT molecular complexity index is 1050. The predicted molar refractivity (Wildman–Crippen MR) is 126 cm³/mol. The molecular weight excluding hydrogens is 515 g/mol. The molecule has 2 saturated heterocycles. The van der Waals surface area contributed by atoms with Crippen molar-refractivity contribution in [2.75, 3.05) is 31.2 Å². The SMILES string of the molecule is CCON=C(C(=O)NC1C(=O)N2CC(COC(=O)CC(C)=O)(C(=O)O)CS[C@H]12)c1nsc(N)n1.[NaH]. The van der Waals surface area contributed by atoms with Gasteiger partial charge in [0.05, 0.1) is 0 Å². The Morgan fingerprint density at radius 3 is 2.66 bits per heavy atom. The van der Waals surface area contributed by atoms with Crippen LogP contribution in [0.2, 0.25) is 0 Å². The molecule has 0 aromatic carbocycles. The van der Waals surface area contributed by atoms with E-state index in [0.717, 1.165) is 23.3 Å². The summed E-state index contributed by atoms with van der Waals surface area (Å²) in [5.41, 5.74) is 3.78. The number of aromatic nitrogens is 2. The second-order valence-corrected chi connectivity index (χ2v) is 9.45. The van der Waals surface area contributed by atoms with Gasteiger partial charge in [-0.2, -0.15) is 9.36 Å². The number of nitrogens with two attached hydrogens (primary N) is 1. The van der Waals surface area contributed by atoms with E-state index in [4.69, 9.17) is 15.3 Å². The number of thioether (sulfide) groups is 1.